The van der Waals surface area contributed by atoms with Crippen molar-refractivity contribution in [2.75, 3.05) is 44.7 Å². The minimum atomic E-state index is -0.584. The average molecular weight is 401 g/mol. The fourth-order valence-corrected chi connectivity index (χ4v) is 3.68. The number of fused-ring (bicyclic) bond motifs is 1. The first-order valence-corrected chi connectivity index (χ1v) is 9.76. The molecule has 10 heteroatoms. The lowest BCUT2D eigenvalue weighted by Gasteiger charge is -2.33. The number of hydrogen-bond donors (Lipinski definition) is 0. The van der Waals surface area contributed by atoms with Crippen molar-refractivity contribution >= 4 is 28.5 Å². The molecular weight excluding hydrogens is 378 g/mol. The highest BCUT2D eigenvalue weighted by molar-refractivity contribution is 5.92. The van der Waals surface area contributed by atoms with Crippen LogP contribution in [0.2, 0.25) is 0 Å². The summed E-state index contributed by atoms with van der Waals surface area (Å²) in [5.74, 6) is -0.342. The molecule has 2 aliphatic rings. The summed E-state index contributed by atoms with van der Waals surface area (Å²) < 4.78 is 6.84. The van der Waals surface area contributed by atoms with Gasteiger partial charge in [-0.15, -0.1) is 0 Å². The van der Waals surface area contributed by atoms with Gasteiger partial charge in [0, 0.05) is 44.4 Å². The minimum Gasteiger partial charge on any atom is -0.461 e. The quantitative estimate of drug-likeness (QED) is 0.422. The highest BCUT2D eigenvalue weighted by Crippen LogP contribution is 2.39. The summed E-state index contributed by atoms with van der Waals surface area (Å²) >= 11 is 0. The van der Waals surface area contributed by atoms with E-state index in [1.807, 2.05) is 11.9 Å². The third-order valence-corrected chi connectivity index (χ3v) is 5.38. The maximum Gasteiger partial charge on any atom is 0.355 e. The second-order valence-electron chi connectivity index (χ2n) is 7.47. The van der Waals surface area contributed by atoms with Crippen molar-refractivity contribution in [1.82, 2.24) is 14.5 Å². The van der Waals surface area contributed by atoms with E-state index in [9.17, 15) is 19.7 Å². The number of ether oxygens (including phenoxy) is 1. The largest absolute Gasteiger partial charge is 0.461 e. The summed E-state index contributed by atoms with van der Waals surface area (Å²) in [6.07, 6.45) is 1.71. The van der Waals surface area contributed by atoms with Gasteiger partial charge in [0.05, 0.1) is 16.9 Å². The van der Waals surface area contributed by atoms with E-state index < -0.39 is 16.3 Å². The van der Waals surface area contributed by atoms with E-state index in [-0.39, 0.29) is 35.2 Å². The lowest BCUT2D eigenvalue weighted by molar-refractivity contribution is -0.384. The number of rotatable bonds is 5. The minimum absolute atomic E-state index is 0.0341. The van der Waals surface area contributed by atoms with Gasteiger partial charge in [-0.1, -0.05) is 0 Å². The summed E-state index contributed by atoms with van der Waals surface area (Å²) in [7, 11) is 2.00. The molecule has 2 aromatic heterocycles. The van der Waals surface area contributed by atoms with Gasteiger partial charge in [0.15, 0.2) is 5.43 Å². The van der Waals surface area contributed by atoms with Gasteiger partial charge in [0.1, 0.15) is 11.3 Å². The third kappa shape index (κ3) is 3.55. The van der Waals surface area contributed by atoms with E-state index in [0.717, 1.165) is 25.9 Å². The van der Waals surface area contributed by atoms with Gasteiger partial charge in [-0.05, 0) is 26.8 Å². The Morgan fingerprint density at radius 3 is 2.55 bits per heavy atom. The maximum atomic E-state index is 12.7. The summed E-state index contributed by atoms with van der Waals surface area (Å²) in [5.41, 5.74) is -0.203. The summed E-state index contributed by atoms with van der Waals surface area (Å²) in [4.78, 5) is 45.0. The second-order valence-corrected chi connectivity index (χ2v) is 7.47. The molecule has 1 saturated carbocycles. The lowest BCUT2D eigenvalue weighted by Crippen LogP contribution is -2.45. The molecule has 10 nitrogen and oxygen atoms in total. The predicted molar refractivity (Wildman–Crippen MR) is 107 cm³/mol. The maximum absolute atomic E-state index is 12.7. The van der Waals surface area contributed by atoms with Crippen molar-refractivity contribution in [2.45, 2.75) is 25.8 Å². The fraction of sp³-hybridized carbons (Fsp3) is 0.526. The number of piperazine rings is 1. The number of likely N-dealkylation sites (N-methyl/N-ethyl adjacent to an activating group) is 1. The Hall–Kier alpha value is -3.01. The molecule has 4 rings (SSSR count). The summed E-state index contributed by atoms with van der Waals surface area (Å²) in [6.45, 7) is 4.61. The van der Waals surface area contributed by atoms with Crippen LogP contribution in [-0.4, -0.2) is 65.2 Å². The Morgan fingerprint density at radius 1 is 1.28 bits per heavy atom. The molecule has 0 bridgehead atoms. The smallest absolute Gasteiger partial charge is 0.355 e. The number of anilines is 1. The van der Waals surface area contributed by atoms with Gasteiger partial charge in [0.2, 0.25) is 5.82 Å². The first-order valence-electron chi connectivity index (χ1n) is 9.76. The fourth-order valence-electron chi connectivity index (χ4n) is 3.68. The second kappa shape index (κ2) is 7.43. The van der Waals surface area contributed by atoms with E-state index in [1.54, 1.807) is 11.5 Å². The molecule has 0 aromatic carbocycles. The van der Waals surface area contributed by atoms with Gasteiger partial charge in [-0.3, -0.25) is 14.9 Å². The molecule has 0 amide bonds. The molecule has 0 unspecified atom stereocenters. The van der Waals surface area contributed by atoms with E-state index in [4.69, 9.17) is 4.74 Å². The van der Waals surface area contributed by atoms with Gasteiger partial charge < -0.3 is 19.1 Å². The van der Waals surface area contributed by atoms with Crippen molar-refractivity contribution in [3.8, 4) is 0 Å². The number of carbonyl (C=O) groups is 1. The van der Waals surface area contributed by atoms with Gasteiger partial charge in [0.25, 0.3) is 0 Å². The summed E-state index contributed by atoms with van der Waals surface area (Å²) in [6, 6.07) is 2.54. The molecule has 2 fully saturated rings. The molecule has 1 aliphatic heterocycles. The van der Waals surface area contributed by atoms with Gasteiger partial charge in [-0.2, -0.15) is 0 Å². The molecule has 154 valence electrons. The molecule has 0 N–H and O–H groups in total. The number of pyridine rings is 2. The van der Waals surface area contributed by atoms with E-state index in [0.29, 0.717) is 18.7 Å². The molecule has 0 radical (unpaired) electrons. The van der Waals surface area contributed by atoms with Crippen LogP contribution in [0.25, 0.3) is 11.0 Å². The van der Waals surface area contributed by atoms with Crippen LogP contribution in [0.1, 0.15) is 36.3 Å². The van der Waals surface area contributed by atoms with Crippen LogP contribution in [0, 0.1) is 10.1 Å². The normalized spacial score (nSPS) is 17.5. The van der Waals surface area contributed by atoms with Crippen LogP contribution < -0.4 is 10.3 Å². The van der Waals surface area contributed by atoms with Gasteiger partial charge in [-0.25, -0.2) is 9.78 Å². The zero-order valence-corrected chi connectivity index (χ0v) is 16.5. The number of hydrogen-bond acceptors (Lipinski definition) is 8. The number of aromatic nitrogens is 2. The number of nitro groups is 1. The van der Waals surface area contributed by atoms with Crippen molar-refractivity contribution in [2.24, 2.45) is 0 Å². The zero-order valence-electron chi connectivity index (χ0n) is 16.5. The van der Waals surface area contributed by atoms with E-state index in [1.165, 1.54) is 12.1 Å². The van der Waals surface area contributed by atoms with Crippen LogP contribution in [0.3, 0.4) is 0 Å². The number of nitrogens with zero attached hydrogens (tertiary/aromatic N) is 5. The van der Waals surface area contributed by atoms with Crippen LogP contribution in [0.15, 0.2) is 16.9 Å². The molecule has 0 atom stereocenters. The van der Waals surface area contributed by atoms with Crippen LogP contribution in [0.5, 0.6) is 0 Å². The Kier molecular flexibility index (Phi) is 4.95. The average Bonchev–Trinajstić information content (AvgIpc) is 3.52. The molecule has 0 spiro atoms. The predicted octanol–water partition coefficient (Wildman–Crippen LogP) is 1.57. The molecule has 3 heterocycles. The third-order valence-electron chi connectivity index (χ3n) is 5.38. The standard InChI is InChI=1S/C19H23N5O5/c1-3-29-19(26)15-11-16(25)13-10-14(24(27)28)18(22-8-6-21(2)7-9-22)20-17(13)23(15)12-4-5-12/h10-12H,3-9H2,1-2H3. The highest BCUT2D eigenvalue weighted by atomic mass is 16.6. The van der Waals surface area contributed by atoms with Gasteiger partial charge >= 0.3 is 11.7 Å². The Morgan fingerprint density at radius 2 is 1.97 bits per heavy atom. The molecule has 2 aromatic rings. The topological polar surface area (TPSA) is 111 Å². The highest BCUT2D eigenvalue weighted by Gasteiger charge is 2.33. The SMILES string of the molecule is CCOC(=O)c1cc(=O)c2cc([N+](=O)[O-])c(N3CCN(C)CC3)nc2n1C1CC1. The lowest BCUT2D eigenvalue weighted by atomic mass is 10.2. The Labute approximate surface area is 166 Å². The molecule has 1 saturated heterocycles. The molecule has 1 aliphatic carbocycles. The Bertz CT molecular complexity index is 1040. The van der Waals surface area contributed by atoms with Crippen LogP contribution in [0.4, 0.5) is 11.5 Å². The number of esters is 1. The first-order chi connectivity index (χ1) is 13.9. The molecular formula is C19H23N5O5. The van der Waals surface area contributed by atoms with E-state index in [2.05, 4.69) is 9.88 Å². The van der Waals surface area contributed by atoms with Crippen molar-refractivity contribution in [3.63, 3.8) is 0 Å². The van der Waals surface area contributed by atoms with Crippen molar-refractivity contribution in [3.05, 3.63) is 38.2 Å². The number of carbonyl (C=O) groups excluding carboxylic acids is 1. The van der Waals surface area contributed by atoms with Crippen LogP contribution in [-0.2, 0) is 4.74 Å². The molecule has 29 heavy (non-hydrogen) atoms. The van der Waals surface area contributed by atoms with Crippen molar-refractivity contribution in [1.29, 1.82) is 0 Å². The first kappa shape index (κ1) is 19.3. The van der Waals surface area contributed by atoms with Crippen LogP contribution >= 0.6 is 0 Å². The van der Waals surface area contributed by atoms with Crippen molar-refractivity contribution < 1.29 is 14.5 Å². The zero-order chi connectivity index (χ0) is 20.7. The Balaban J connectivity index is 1.95. The monoisotopic (exact) mass is 401 g/mol. The van der Waals surface area contributed by atoms with E-state index >= 15 is 0 Å². The summed E-state index contributed by atoms with van der Waals surface area (Å²) in [5, 5.41) is 11.9.